The second kappa shape index (κ2) is 22.3. The fourth-order valence-electron chi connectivity index (χ4n) is 8.50. The zero-order chi connectivity index (χ0) is 51.9. The molecule has 0 saturated carbocycles. The largest absolute Gasteiger partial charge is 0.493 e. The van der Waals surface area contributed by atoms with E-state index in [1.807, 2.05) is 58.3 Å². The van der Waals surface area contributed by atoms with Crippen LogP contribution >= 0.6 is 0 Å². The molecule has 0 fully saturated rings. The molecule has 0 bridgehead atoms. The van der Waals surface area contributed by atoms with E-state index in [1.54, 1.807) is 77.7 Å². The summed E-state index contributed by atoms with van der Waals surface area (Å²) in [4.78, 5) is 77.6. The van der Waals surface area contributed by atoms with Gasteiger partial charge in [0, 0.05) is 48.2 Å². The van der Waals surface area contributed by atoms with Gasteiger partial charge in [-0.25, -0.2) is 4.79 Å². The minimum atomic E-state index is -0.806. The van der Waals surface area contributed by atoms with Crippen LogP contribution < -0.4 is 40.6 Å². The third kappa shape index (κ3) is 12.0. The Morgan fingerprint density at radius 2 is 1.25 bits per heavy atom. The Bertz CT molecular complexity index is 2890. The minimum Gasteiger partial charge on any atom is -0.493 e. The summed E-state index contributed by atoms with van der Waals surface area (Å²) in [5.41, 5.74) is 13.0. The van der Waals surface area contributed by atoms with Crippen molar-refractivity contribution in [2.24, 2.45) is 21.6 Å². The van der Waals surface area contributed by atoms with Crippen LogP contribution in [0.1, 0.15) is 90.4 Å². The summed E-state index contributed by atoms with van der Waals surface area (Å²) >= 11 is 0. The summed E-state index contributed by atoms with van der Waals surface area (Å²) in [6.07, 6.45) is 8.00. The summed E-state index contributed by atoms with van der Waals surface area (Å²) in [7, 11) is 3.02. The lowest BCUT2D eigenvalue weighted by Crippen LogP contribution is -2.50. The number of amides is 5. The highest BCUT2D eigenvalue weighted by molar-refractivity contribution is 6.05. The first-order chi connectivity index (χ1) is 35.1. The maximum Gasteiger partial charge on any atom is 0.408 e. The van der Waals surface area contributed by atoms with Crippen molar-refractivity contribution < 1.29 is 47.7 Å². The Morgan fingerprint density at radius 3 is 1.75 bits per heavy atom. The number of benzene rings is 4. The Kier molecular flexibility index (Phi) is 15.6. The van der Waals surface area contributed by atoms with E-state index < -0.39 is 30.0 Å². The molecule has 0 radical (unpaired) electrons. The Balaban J connectivity index is 0.941. The molecule has 4 atom stereocenters. The number of carbonyl (C=O) groups excluding carboxylic acids is 5. The van der Waals surface area contributed by atoms with Crippen molar-refractivity contribution in [3.05, 3.63) is 124 Å². The smallest absolute Gasteiger partial charge is 0.408 e. The van der Waals surface area contributed by atoms with E-state index in [4.69, 9.17) is 29.4 Å². The molecule has 0 unspecified atom stereocenters. The summed E-state index contributed by atoms with van der Waals surface area (Å²) < 4.78 is 29.6. The fourth-order valence-corrected chi connectivity index (χ4v) is 8.50. The molecule has 0 aromatic heterocycles. The molecular weight excluding hydrogens is 933 g/mol. The van der Waals surface area contributed by atoms with Gasteiger partial charge in [-0.3, -0.25) is 29.2 Å². The number of carbonyl (C=O) groups is 5. The molecular formula is C55H58N8O10. The molecule has 378 valence electrons. The van der Waals surface area contributed by atoms with Gasteiger partial charge in [-0.2, -0.15) is 0 Å². The molecule has 4 aromatic rings. The van der Waals surface area contributed by atoms with Crippen LogP contribution in [0.3, 0.4) is 0 Å². The van der Waals surface area contributed by atoms with Crippen molar-refractivity contribution in [2.75, 3.05) is 26.1 Å². The zero-order valence-electron chi connectivity index (χ0n) is 41.7. The fraction of sp³-hybridized carbons (Fsp3) is 0.327. The molecule has 18 nitrogen and oxygen atoms in total. The van der Waals surface area contributed by atoms with Gasteiger partial charge in [0.1, 0.15) is 25.9 Å². The molecule has 73 heavy (non-hydrogen) atoms. The number of ether oxygens (including phenoxy) is 5. The van der Waals surface area contributed by atoms with Crippen molar-refractivity contribution in [1.82, 2.24) is 20.4 Å². The van der Waals surface area contributed by atoms with Crippen LogP contribution in [0.25, 0.3) is 0 Å². The molecule has 4 aliphatic heterocycles. The normalized spacial score (nSPS) is 17.0. The number of nitrogens with zero attached hydrogens (tertiary/aromatic N) is 4. The number of fused-ring (bicyclic) bond motifs is 4. The predicted octanol–water partition coefficient (Wildman–Crippen LogP) is 7.23. The average molecular weight is 991 g/mol. The summed E-state index contributed by atoms with van der Waals surface area (Å²) in [6.45, 7) is 9.26. The third-order valence-electron chi connectivity index (χ3n) is 12.5. The number of alkyl carbamates (subject to hydrolysis) is 1. The third-order valence-corrected chi connectivity index (χ3v) is 12.5. The van der Waals surface area contributed by atoms with E-state index in [1.165, 1.54) is 14.2 Å². The Labute approximate surface area is 423 Å². The van der Waals surface area contributed by atoms with E-state index in [0.29, 0.717) is 75.2 Å². The van der Waals surface area contributed by atoms with E-state index >= 15 is 0 Å². The number of nitrogens with two attached hydrogens (primary N) is 1. The lowest BCUT2D eigenvalue weighted by Gasteiger charge is -2.19. The molecule has 4 heterocycles. The van der Waals surface area contributed by atoms with Gasteiger partial charge in [-0.05, 0) is 98.7 Å². The van der Waals surface area contributed by atoms with Gasteiger partial charge in [0.15, 0.2) is 23.0 Å². The van der Waals surface area contributed by atoms with Crippen LogP contribution in [-0.4, -0.2) is 96.9 Å². The molecule has 0 saturated heterocycles. The highest BCUT2D eigenvalue weighted by atomic mass is 16.5. The highest BCUT2D eigenvalue weighted by Crippen LogP contribution is 2.41. The predicted molar refractivity (Wildman–Crippen MR) is 275 cm³/mol. The number of aliphatic imine (C=N–C) groups is 2. The second-order valence-electron chi connectivity index (χ2n) is 18.5. The maximum atomic E-state index is 13.6. The Morgan fingerprint density at radius 1 is 0.712 bits per heavy atom. The van der Waals surface area contributed by atoms with Crippen LogP contribution in [0.4, 0.5) is 21.9 Å². The molecule has 0 aliphatic carbocycles. The lowest BCUT2D eigenvalue weighted by molar-refractivity contribution is -0.127. The highest BCUT2D eigenvalue weighted by Gasteiger charge is 2.34. The maximum absolute atomic E-state index is 13.6. The second-order valence-corrected chi connectivity index (χ2v) is 18.5. The first-order valence-electron chi connectivity index (χ1n) is 23.8. The first-order valence-corrected chi connectivity index (χ1v) is 23.8. The SMILES string of the molecule is COc1cc2c(cc1OCc1cc(C#CCNC(=O)OCc3ccc(NC(=O)[C@H](C)NC(=O)[C@@H](N)C(C)C)cc3)cc(COc3cc4c(cc3OC)C(=O)N3C=C(C)C[C@H]3C=N4)c1)N=C[C@@H]1CC(C)=CN1C2=O. The average Bonchev–Trinajstić information content (AvgIpc) is 3.89. The van der Waals surface area contributed by atoms with E-state index in [-0.39, 0.29) is 56.2 Å². The van der Waals surface area contributed by atoms with Gasteiger partial charge in [-0.1, -0.05) is 49.0 Å². The lowest BCUT2D eigenvalue weighted by atomic mass is 10.0. The van der Waals surface area contributed by atoms with Crippen molar-refractivity contribution in [2.45, 2.75) is 91.4 Å². The number of hydrogen-bond donors (Lipinski definition) is 4. The molecule has 5 N–H and O–H groups in total. The van der Waals surface area contributed by atoms with Crippen LogP contribution in [0.5, 0.6) is 23.0 Å². The van der Waals surface area contributed by atoms with Gasteiger partial charge in [0.05, 0.1) is 61.4 Å². The number of rotatable bonds is 16. The number of nitrogens with one attached hydrogen (secondary N) is 3. The summed E-state index contributed by atoms with van der Waals surface area (Å²) in [5.74, 6) is 6.36. The first kappa shape index (κ1) is 50.9. The van der Waals surface area contributed by atoms with E-state index in [0.717, 1.165) is 22.3 Å². The standard InChI is InChI=1S/C55H58N8O10/c1-31(2)50(56)52(65)60-34(5)51(64)61-39-12-10-35(11-13-39)28-73-55(68)57-14-8-9-36-17-37(29-71-48-22-44-42(20-46(48)69-6)53(66)62-26-32(3)15-40(62)24-58-44)19-38(18-36)30-72-49-23-45-43(21-47(49)70-7)54(67)63-27-33(4)16-41(63)25-59-45/h10-13,17-27,31,34,40-41,50H,14-16,28-30,56H2,1-7H3,(H,57,68)(H,60,65)(H,61,64)/t34-,40-,41-,50-/m0/s1. The van der Waals surface area contributed by atoms with Crippen molar-refractivity contribution in [3.8, 4) is 34.8 Å². The van der Waals surface area contributed by atoms with Crippen LogP contribution in [0, 0.1) is 17.8 Å². The minimum absolute atomic E-state index is 0.0361. The molecule has 5 amide bonds. The van der Waals surface area contributed by atoms with Crippen molar-refractivity contribution in [1.29, 1.82) is 0 Å². The topological polar surface area (TPSA) is 225 Å². The van der Waals surface area contributed by atoms with Gasteiger partial charge in [0.2, 0.25) is 11.8 Å². The van der Waals surface area contributed by atoms with Crippen LogP contribution in [0.2, 0.25) is 0 Å². The quantitative estimate of drug-likeness (QED) is 0.0819. The van der Waals surface area contributed by atoms with E-state index in [2.05, 4.69) is 37.8 Å². The molecule has 4 aromatic carbocycles. The van der Waals surface area contributed by atoms with Crippen LogP contribution in [0.15, 0.2) is 100 Å². The van der Waals surface area contributed by atoms with Gasteiger partial charge in [-0.15, -0.1) is 0 Å². The molecule has 4 aliphatic rings. The van der Waals surface area contributed by atoms with Crippen molar-refractivity contribution in [3.63, 3.8) is 0 Å². The number of methoxy groups -OCH3 is 2. The molecule has 8 rings (SSSR count). The molecule has 0 spiro atoms. The monoisotopic (exact) mass is 990 g/mol. The number of anilines is 1. The van der Waals surface area contributed by atoms with Gasteiger partial charge < -0.3 is 55.2 Å². The summed E-state index contributed by atoms with van der Waals surface area (Å²) in [6, 6.07) is 17.2. The summed E-state index contributed by atoms with van der Waals surface area (Å²) in [5, 5.41) is 8.03. The van der Waals surface area contributed by atoms with Gasteiger partial charge in [0.25, 0.3) is 11.8 Å². The van der Waals surface area contributed by atoms with E-state index in [9.17, 15) is 24.0 Å². The van der Waals surface area contributed by atoms with Crippen LogP contribution in [-0.2, 0) is 34.1 Å². The Hall–Kier alpha value is -8.43. The van der Waals surface area contributed by atoms with Gasteiger partial charge >= 0.3 is 6.09 Å². The number of hydrogen-bond acceptors (Lipinski definition) is 13. The molecule has 18 heteroatoms. The van der Waals surface area contributed by atoms with Crippen molar-refractivity contribution >= 4 is 59.2 Å². The zero-order valence-corrected chi connectivity index (χ0v) is 41.7.